The van der Waals surface area contributed by atoms with Crippen molar-refractivity contribution in [3.8, 4) is 0 Å². The zero-order chi connectivity index (χ0) is 15.1. The van der Waals surface area contributed by atoms with Gasteiger partial charge in [-0.15, -0.1) is 0 Å². The number of rotatable bonds is 2. The van der Waals surface area contributed by atoms with E-state index in [0.29, 0.717) is 6.54 Å². The third-order valence-corrected chi connectivity index (χ3v) is 5.00. The summed E-state index contributed by atoms with van der Waals surface area (Å²) in [4.78, 5) is 14.7. The van der Waals surface area contributed by atoms with Gasteiger partial charge in [-0.05, 0) is 36.2 Å². The maximum Gasteiger partial charge on any atom is 0.254 e. The van der Waals surface area contributed by atoms with E-state index in [9.17, 15) is 4.79 Å². The summed E-state index contributed by atoms with van der Waals surface area (Å²) >= 11 is 3.46. The molecule has 0 aliphatic carbocycles. The fourth-order valence-corrected chi connectivity index (χ4v) is 3.71. The Morgan fingerprint density at radius 2 is 1.82 bits per heavy atom. The Morgan fingerprint density at radius 3 is 2.50 bits per heavy atom. The average molecular weight is 358 g/mol. The van der Waals surface area contributed by atoms with Crippen molar-refractivity contribution in [2.75, 3.05) is 6.54 Å². The monoisotopic (exact) mass is 357 g/mol. The minimum Gasteiger partial charge on any atom is -0.366 e. The number of hydrogen-bond acceptors (Lipinski definition) is 2. The van der Waals surface area contributed by atoms with Crippen LogP contribution in [0.5, 0.6) is 0 Å². The Kier molecular flexibility index (Phi) is 3.51. The number of morpholine rings is 1. The van der Waals surface area contributed by atoms with Gasteiger partial charge in [0.15, 0.2) is 0 Å². The van der Waals surface area contributed by atoms with E-state index in [1.807, 2.05) is 47.4 Å². The average Bonchev–Trinajstić information content (AvgIpc) is 3.16. The first kappa shape index (κ1) is 14.0. The Labute approximate surface area is 138 Å². The molecule has 2 saturated heterocycles. The first-order valence-corrected chi connectivity index (χ1v) is 8.28. The minimum absolute atomic E-state index is 0.0143. The van der Waals surface area contributed by atoms with Gasteiger partial charge in [-0.2, -0.15) is 0 Å². The van der Waals surface area contributed by atoms with Gasteiger partial charge < -0.3 is 9.64 Å². The summed E-state index contributed by atoms with van der Waals surface area (Å²) in [6.07, 6.45) is 1.07. The van der Waals surface area contributed by atoms with Crippen molar-refractivity contribution in [1.82, 2.24) is 4.90 Å². The highest BCUT2D eigenvalue weighted by Gasteiger charge is 2.48. The van der Waals surface area contributed by atoms with Gasteiger partial charge in [-0.25, -0.2) is 0 Å². The molecule has 0 N–H and O–H groups in total. The largest absolute Gasteiger partial charge is 0.366 e. The molecule has 2 bridgehead atoms. The van der Waals surface area contributed by atoms with E-state index in [0.717, 1.165) is 22.0 Å². The predicted molar refractivity (Wildman–Crippen MR) is 87.6 cm³/mol. The van der Waals surface area contributed by atoms with E-state index in [2.05, 4.69) is 28.1 Å². The van der Waals surface area contributed by atoms with Crippen molar-refractivity contribution in [3.63, 3.8) is 0 Å². The van der Waals surface area contributed by atoms with Crippen LogP contribution in [0, 0.1) is 0 Å². The molecule has 4 heteroatoms. The smallest absolute Gasteiger partial charge is 0.254 e. The van der Waals surface area contributed by atoms with Gasteiger partial charge in [-0.1, -0.05) is 46.3 Å². The van der Waals surface area contributed by atoms with E-state index >= 15 is 0 Å². The maximum absolute atomic E-state index is 12.7. The van der Waals surface area contributed by atoms with Crippen molar-refractivity contribution < 1.29 is 9.53 Å². The second kappa shape index (κ2) is 5.52. The molecule has 2 aromatic carbocycles. The molecular formula is C18H16BrNO2. The van der Waals surface area contributed by atoms with Crippen molar-refractivity contribution in [2.24, 2.45) is 0 Å². The first-order chi connectivity index (χ1) is 10.7. The molecule has 3 nitrogen and oxygen atoms in total. The molecule has 2 aromatic rings. The fourth-order valence-electron chi connectivity index (χ4n) is 3.44. The normalized spacial score (nSPS) is 26.4. The maximum atomic E-state index is 12.7. The standard InChI is InChI=1S/C18H16BrNO2/c19-14-8-6-12(7-9-14)17-16-10-15(22-17)11-20(16)18(21)13-4-2-1-3-5-13/h1-9,15-17H,10-11H2/t15-,16-,17+/m1/s1. The third kappa shape index (κ3) is 2.36. The summed E-state index contributed by atoms with van der Waals surface area (Å²) in [7, 11) is 0. The summed E-state index contributed by atoms with van der Waals surface area (Å²) in [5, 5.41) is 0. The van der Waals surface area contributed by atoms with Gasteiger partial charge in [0.05, 0.1) is 12.1 Å². The lowest BCUT2D eigenvalue weighted by atomic mass is 10.0. The predicted octanol–water partition coefficient (Wildman–Crippen LogP) is 3.80. The number of halogens is 1. The Hall–Kier alpha value is -1.65. The van der Waals surface area contributed by atoms with Crippen LogP contribution in [0.2, 0.25) is 0 Å². The van der Waals surface area contributed by atoms with E-state index in [4.69, 9.17) is 4.74 Å². The van der Waals surface area contributed by atoms with Crippen LogP contribution in [-0.4, -0.2) is 29.5 Å². The van der Waals surface area contributed by atoms with E-state index in [-0.39, 0.29) is 24.2 Å². The van der Waals surface area contributed by atoms with Crippen LogP contribution < -0.4 is 0 Å². The molecule has 2 heterocycles. The summed E-state index contributed by atoms with van der Waals surface area (Å²) in [5.41, 5.74) is 1.89. The van der Waals surface area contributed by atoms with Crippen molar-refractivity contribution in [2.45, 2.75) is 24.7 Å². The summed E-state index contributed by atoms with van der Waals surface area (Å²) in [6, 6.07) is 17.8. The van der Waals surface area contributed by atoms with Crippen LogP contribution in [0.1, 0.15) is 28.4 Å². The number of ether oxygens (including phenoxy) is 1. The zero-order valence-electron chi connectivity index (χ0n) is 12.0. The number of nitrogens with zero attached hydrogens (tertiary/aromatic N) is 1. The summed E-state index contributed by atoms with van der Waals surface area (Å²) < 4.78 is 7.15. The van der Waals surface area contributed by atoms with Crippen LogP contribution in [0.15, 0.2) is 59.1 Å². The summed E-state index contributed by atoms with van der Waals surface area (Å²) in [6.45, 7) is 0.700. The number of benzene rings is 2. The van der Waals surface area contributed by atoms with E-state index in [1.165, 1.54) is 0 Å². The lowest BCUT2D eigenvalue weighted by Crippen LogP contribution is -2.43. The summed E-state index contributed by atoms with van der Waals surface area (Å²) in [5.74, 6) is 0.110. The van der Waals surface area contributed by atoms with Crippen LogP contribution in [0.25, 0.3) is 0 Å². The number of carbonyl (C=O) groups excluding carboxylic acids is 1. The minimum atomic E-state index is -0.0143. The second-order valence-electron chi connectivity index (χ2n) is 5.86. The van der Waals surface area contributed by atoms with Gasteiger partial charge in [-0.3, -0.25) is 4.79 Å². The number of amides is 1. The highest BCUT2D eigenvalue weighted by Crippen LogP contribution is 2.42. The van der Waals surface area contributed by atoms with Gasteiger partial charge in [0.1, 0.15) is 6.10 Å². The number of likely N-dealkylation sites (tertiary alicyclic amines) is 1. The van der Waals surface area contributed by atoms with Gasteiger partial charge in [0.25, 0.3) is 5.91 Å². The van der Waals surface area contributed by atoms with E-state index < -0.39 is 0 Å². The zero-order valence-corrected chi connectivity index (χ0v) is 13.6. The quantitative estimate of drug-likeness (QED) is 0.817. The lowest BCUT2D eigenvalue weighted by Gasteiger charge is -2.33. The Balaban J connectivity index is 1.59. The molecule has 112 valence electrons. The topological polar surface area (TPSA) is 29.5 Å². The van der Waals surface area contributed by atoms with Crippen LogP contribution >= 0.6 is 15.9 Å². The van der Waals surface area contributed by atoms with Crippen LogP contribution in [0.3, 0.4) is 0 Å². The van der Waals surface area contributed by atoms with Gasteiger partial charge >= 0.3 is 0 Å². The second-order valence-corrected chi connectivity index (χ2v) is 6.77. The molecule has 3 atom stereocenters. The SMILES string of the molecule is O=C(c1ccccc1)N1C[C@H]2C[C@@H]1[C@H](c1ccc(Br)cc1)O2. The van der Waals surface area contributed by atoms with Gasteiger partial charge in [0, 0.05) is 16.6 Å². The molecule has 0 aromatic heterocycles. The first-order valence-electron chi connectivity index (χ1n) is 7.49. The highest BCUT2D eigenvalue weighted by molar-refractivity contribution is 9.10. The van der Waals surface area contributed by atoms with Gasteiger partial charge in [0.2, 0.25) is 0 Å². The molecule has 22 heavy (non-hydrogen) atoms. The van der Waals surface area contributed by atoms with Crippen molar-refractivity contribution in [3.05, 3.63) is 70.2 Å². The molecular weight excluding hydrogens is 342 g/mol. The lowest BCUT2D eigenvalue weighted by molar-refractivity contribution is -0.0280. The third-order valence-electron chi connectivity index (χ3n) is 4.47. The van der Waals surface area contributed by atoms with E-state index in [1.54, 1.807) is 0 Å². The molecule has 0 unspecified atom stereocenters. The highest BCUT2D eigenvalue weighted by atomic mass is 79.9. The number of carbonyl (C=O) groups is 1. The number of fused-ring (bicyclic) bond motifs is 2. The number of hydrogen-bond donors (Lipinski definition) is 0. The molecule has 2 aliphatic heterocycles. The van der Waals surface area contributed by atoms with Crippen LogP contribution in [0.4, 0.5) is 0 Å². The molecule has 0 saturated carbocycles. The molecule has 2 aliphatic rings. The Morgan fingerprint density at radius 1 is 1.09 bits per heavy atom. The molecule has 2 fully saturated rings. The van der Waals surface area contributed by atoms with Crippen LogP contribution in [-0.2, 0) is 4.74 Å². The Bertz CT molecular complexity index is 686. The fraction of sp³-hybridized carbons (Fsp3) is 0.278. The molecule has 0 spiro atoms. The molecule has 4 rings (SSSR count). The van der Waals surface area contributed by atoms with Crippen molar-refractivity contribution in [1.29, 1.82) is 0 Å². The van der Waals surface area contributed by atoms with Crippen molar-refractivity contribution >= 4 is 21.8 Å². The molecule has 1 amide bonds. The molecule has 0 radical (unpaired) electrons.